The summed E-state index contributed by atoms with van der Waals surface area (Å²) in [5.41, 5.74) is 7.25. The molecule has 5 heteroatoms. The average molecular weight is 351 g/mol. The molecule has 0 fully saturated rings. The number of rotatable bonds is 9. The molecule has 2 amide bonds. The highest BCUT2D eigenvalue weighted by molar-refractivity contribution is 7.17. The van der Waals surface area contributed by atoms with Gasteiger partial charge in [0, 0.05) is 11.3 Å². The van der Waals surface area contributed by atoms with Crippen LogP contribution in [0.25, 0.3) is 0 Å². The van der Waals surface area contributed by atoms with Crippen LogP contribution in [-0.4, -0.2) is 11.8 Å². The number of unbranched alkanes of at least 4 members (excludes halogenated alkanes) is 3. The van der Waals surface area contributed by atoms with Crippen LogP contribution in [0.3, 0.4) is 0 Å². The summed E-state index contributed by atoms with van der Waals surface area (Å²) in [5, 5.41) is 3.62. The van der Waals surface area contributed by atoms with Crippen molar-refractivity contribution in [3.63, 3.8) is 0 Å². The summed E-state index contributed by atoms with van der Waals surface area (Å²) in [6, 6.07) is 0. The zero-order chi connectivity index (χ0) is 17.5. The molecule has 1 aliphatic rings. The number of nitrogens with one attached hydrogen (secondary N) is 1. The number of fused-ring (bicyclic) bond motifs is 1. The van der Waals surface area contributed by atoms with Gasteiger partial charge >= 0.3 is 0 Å². The van der Waals surface area contributed by atoms with Crippen LogP contribution >= 0.6 is 11.3 Å². The van der Waals surface area contributed by atoms with Gasteiger partial charge in [0.15, 0.2) is 0 Å². The van der Waals surface area contributed by atoms with Crippen LogP contribution < -0.4 is 11.1 Å². The number of primary amides is 1. The van der Waals surface area contributed by atoms with Crippen molar-refractivity contribution in [2.24, 2.45) is 11.7 Å². The molecule has 1 heterocycles. The van der Waals surface area contributed by atoms with Crippen LogP contribution in [0.15, 0.2) is 0 Å². The summed E-state index contributed by atoms with van der Waals surface area (Å²) in [5.74, 6) is 0.277. The first kappa shape index (κ1) is 19.0. The molecule has 134 valence electrons. The fourth-order valence-electron chi connectivity index (χ4n) is 3.56. The maximum absolute atomic E-state index is 12.2. The Morgan fingerprint density at radius 1 is 1.21 bits per heavy atom. The van der Waals surface area contributed by atoms with Crippen molar-refractivity contribution in [3.8, 4) is 0 Å². The summed E-state index contributed by atoms with van der Waals surface area (Å²) in [6.07, 6.45) is 10.2. The van der Waals surface area contributed by atoms with Crippen molar-refractivity contribution in [1.82, 2.24) is 0 Å². The van der Waals surface area contributed by atoms with Crippen LogP contribution in [0.5, 0.6) is 0 Å². The van der Waals surface area contributed by atoms with E-state index in [1.165, 1.54) is 17.7 Å². The number of amides is 2. The molecule has 4 nitrogen and oxygen atoms in total. The topological polar surface area (TPSA) is 72.2 Å². The lowest BCUT2D eigenvalue weighted by Gasteiger charge is -2.21. The summed E-state index contributed by atoms with van der Waals surface area (Å²) in [6.45, 7) is 4.37. The zero-order valence-corrected chi connectivity index (χ0v) is 15.8. The normalized spacial score (nSPS) is 16.7. The Hall–Kier alpha value is -1.36. The second kappa shape index (κ2) is 9.21. The van der Waals surface area contributed by atoms with Crippen molar-refractivity contribution in [2.75, 3.05) is 5.32 Å². The molecule has 1 atom stereocenters. The van der Waals surface area contributed by atoms with Gasteiger partial charge in [0.2, 0.25) is 5.91 Å². The van der Waals surface area contributed by atoms with Crippen LogP contribution in [-0.2, 0) is 17.6 Å². The second-order valence-electron chi connectivity index (χ2n) is 6.83. The summed E-state index contributed by atoms with van der Waals surface area (Å²) in [7, 11) is 0. The largest absolute Gasteiger partial charge is 0.365 e. The monoisotopic (exact) mass is 350 g/mol. The maximum Gasteiger partial charge on any atom is 0.251 e. The molecule has 24 heavy (non-hydrogen) atoms. The Kier molecular flexibility index (Phi) is 7.28. The van der Waals surface area contributed by atoms with E-state index in [4.69, 9.17) is 5.73 Å². The molecule has 1 unspecified atom stereocenters. The molecule has 0 bridgehead atoms. The third kappa shape index (κ3) is 4.82. The smallest absolute Gasteiger partial charge is 0.251 e. The Balaban J connectivity index is 2.07. The second-order valence-corrected chi connectivity index (χ2v) is 7.93. The summed E-state index contributed by atoms with van der Waals surface area (Å²) >= 11 is 1.56. The van der Waals surface area contributed by atoms with Gasteiger partial charge in [-0.05, 0) is 37.2 Å². The van der Waals surface area contributed by atoms with Crippen molar-refractivity contribution in [3.05, 3.63) is 16.0 Å². The lowest BCUT2D eigenvalue weighted by atomic mass is 9.84. The highest BCUT2D eigenvalue weighted by Crippen LogP contribution is 2.40. The van der Waals surface area contributed by atoms with E-state index in [1.807, 2.05) is 0 Å². The Morgan fingerprint density at radius 3 is 2.67 bits per heavy atom. The van der Waals surface area contributed by atoms with Gasteiger partial charge in [-0.25, -0.2) is 0 Å². The third-order valence-corrected chi connectivity index (χ3v) is 5.99. The Bertz CT molecular complexity index is 580. The molecule has 1 aromatic heterocycles. The third-order valence-electron chi connectivity index (χ3n) is 4.82. The molecule has 2 rings (SSSR count). The van der Waals surface area contributed by atoms with Crippen LogP contribution in [0.4, 0.5) is 5.00 Å². The van der Waals surface area contributed by atoms with Gasteiger partial charge in [-0.3, -0.25) is 9.59 Å². The molecular weight excluding hydrogens is 320 g/mol. The van der Waals surface area contributed by atoms with E-state index >= 15 is 0 Å². The number of hydrogen-bond acceptors (Lipinski definition) is 3. The summed E-state index contributed by atoms with van der Waals surface area (Å²) in [4.78, 5) is 25.3. The van der Waals surface area contributed by atoms with E-state index in [1.54, 1.807) is 11.3 Å². The quantitative estimate of drug-likeness (QED) is 0.636. The van der Waals surface area contributed by atoms with Crippen molar-refractivity contribution in [2.45, 2.75) is 78.1 Å². The Morgan fingerprint density at radius 2 is 2.00 bits per heavy atom. The predicted octanol–water partition coefficient (Wildman–Crippen LogP) is 4.66. The van der Waals surface area contributed by atoms with E-state index in [-0.39, 0.29) is 5.91 Å². The van der Waals surface area contributed by atoms with Gasteiger partial charge < -0.3 is 11.1 Å². The molecule has 1 aliphatic carbocycles. The van der Waals surface area contributed by atoms with Gasteiger partial charge in [-0.2, -0.15) is 0 Å². The van der Waals surface area contributed by atoms with Crippen LogP contribution in [0.1, 0.15) is 86.0 Å². The molecule has 0 aliphatic heterocycles. The van der Waals surface area contributed by atoms with Crippen molar-refractivity contribution in [1.29, 1.82) is 0 Å². The standard InChI is InChI=1S/C19H30N2O2S/c1-3-5-6-7-9-16(22)21-19-17(18(20)23)14-11-10-13(8-4-2)12-15(14)24-19/h13H,3-12H2,1-2H3,(H2,20,23)(H,21,22). The first-order valence-electron chi connectivity index (χ1n) is 9.30. The minimum Gasteiger partial charge on any atom is -0.365 e. The highest BCUT2D eigenvalue weighted by Gasteiger charge is 2.28. The Labute approximate surface area is 149 Å². The molecule has 0 saturated heterocycles. The number of anilines is 1. The first-order chi connectivity index (χ1) is 11.6. The van der Waals surface area contributed by atoms with Gasteiger partial charge in [0.05, 0.1) is 5.56 Å². The van der Waals surface area contributed by atoms with Crippen molar-refractivity contribution >= 4 is 28.2 Å². The highest BCUT2D eigenvalue weighted by atomic mass is 32.1. The first-order valence-corrected chi connectivity index (χ1v) is 10.1. The predicted molar refractivity (Wildman–Crippen MR) is 101 cm³/mol. The van der Waals surface area contributed by atoms with Crippen LogP contribution in [0, 0.1) is 5.92 Å². The van der Waals surface area contributed by atoms with Gasteiger partial charge in [-0.1, -0.05) is 46.0 Å². The number of carbonyl (C=O) groups is 2. The molecule has 0 radical (unpaired) electrons. The van der Waals surface area contributed by atoms with E-state index in [0.717, 1.165) is 50.5 Å². The summed E-state index contributed by atoms with van der Waals surface area (Å²) < 4.78 is 0. The number of thiophene rings is 1. The maximum atomic E-state index is 12.2. The SMILES string of the molecule is CCCCCCC(=O)Nc1sc2c(c1C(N)=O)CCC(CCC)C2. The van der Waals surface area contributed by atoms with Gasteiger partial charge in [0.1, 0.15) is 5.00 Å². The molecule has 0 spiro atoms. The van der Waals surface area contributed by atoms with E-state index in [2.05, 4.69) is 19.2 Å². The molecule has 3 N–H and O–H groups in total. The minimum atomic E-state index is -0.414. The number of nitrogens with two attached hydrogens (primary N) is 1. The van der Waals surface area contributed by atoms with Crippen LogP contribution in [0.2, 0.25) is 0 Å². The average Bonchev–Trinajstić information content (AvgIpc) is 2.89. The van der Waals surface area contributed by atoms with E-state index < -0.39 is 5.91 Å². The molecule has 0 aromatic carbocycles. The van der Waals surface area contributed by atoms with Gasteiger partial charge in [-0.15, -0.1) is 11.3 Å². The molecular formula is C19H30N2O2S. The lowest BCUT2D eigenvalue weighted by molar-refractivity contribution is -0.116. The van der Waals surface area contributed by atoms with E-state index in [0.29, 0.717) is 22.9 Å². The molecule has 0 saturated carbocycles. The fourth-order valence-corrected chi connectivity index (χ4v) is 4.94. The molecule has 1 aromatic rings. The van der Waals surface area contributed by atoms with E-state index in [9.17, 15) is 9.59 Å². The van der Waals surface area contributed by atoms with Crippen molar-refractivity contribution < 1.29 is 9.59 Å². The fraction of sp³-hybridized carbons (Fsp3) is 0.684. The van der Waals surface area contributed by atoms with Gasteiger partial charge in [0.25, 0.3) is 5.91 Å². The number of carbonyl (C=O) groups excluding carboxylic acids is 2. The lowest BCUT2D eigenvalue weighted by Crippen LogP contribution is -2.19. The number of hydrogen-bond donors (Lipinski definition) is 2. The zero-order valence-electron chi connectivity index (χ0n) is 15.0. The minimum absolute atomic E-state index is 0.00249.